The molecule has 9 rings (SSSR count). The molecule has 1 unspecified atom stereocenters. The van der Waals surface area contributed by atoms with Crippen LogP contribution in [0, 0.1) is 5.92 Å². The minimum Gasteiger partial charge on any atom is -0.507 e. The van der Waals surface area contributed by atoms with Gasteiger partial charge in [0.25, 0.3) is 0 Å². The van der Waals surface area contributed by atoms with Gasteiger partial charge in [0.2, 0.25) is 41.1 Å². The number of methoxy groups -OCH3 is 2. The molecule has 538 valence electrons. The summed E-state index contributed by atoms with van der Waals surface area (Å²) in [6.45, 7) is 4.70. The van der Waals surface area contributed by atoms with Crippen LogP contribution in [-0.4, -0.2) is 241 Å². The lowest BCUT2D eigenvalue weighted by Crippen LogP contribution is -2.55. The van der Waals surface area contributed by atoms with Gasteiger partial charge in [0.1, 0.15) is 66.7 Å². The summed E-state index contributed by atoms with van der Waals surface area (Å²) in [5.41, 5.74) is 1.77. The fraction of sp³-hybridized carbons (Fsp3) is 0.567. The number of likely N-dealkylation sites (tertiary alicyclic amines) is 1. The highest BCUT2D eigenvalue weighted by molar-refractivity contribution is 8.00. The maximum Gasteiger partial charge on any atom is 0.409 e. The van der Waals surface area contributed by atoms with E-state index in [0.29, 0.717) is 37.1 Å². The first kappa shape index (κ1) is 74.7. The minimum absolute atomic E-state index is 0.0431. The number of likely N-dealkylation sites (N-methyl/N-ethyl adjacent to an activating group) is 2. The number of benzene rings is 3. The number of urea groups is 1. The zero-order chi connectivity index (χ0) is 71.7. The predicted octanol–water partition coefficient (Wildman–Crippen LogP) is 3.12. The molecule has 9 N–H and O–H groups in total. The molecule has 4 saturated heterocycles. The van der Waals surface area contributed by atoms with Crippen LogP contribution in [0.1, 0.15) is 133 Å². The van der Waals surface area contributed by atoms with Crippen molar-refractivity contribution in [3.63, 3.8) is 0 Å². The van der Waals surface area contributed by atoms with Crippen LogP contribution in [0.15, 0.2) is 42.5 Å². The van der Waals surface area contributed by atoms with E-state index in [0.717, 1.165) is 4.90 Å². The molecule has 0 spiro atoms. The van der Waals surface area contributed by atoms with Gasteiger partial charge in [-0.3, -0.25) is 43.3 Å². The van der Waals surface area contributed by atoms with Crippen molar-refractivity contribution >= 4 is 82.6 Å². The number of nitrogens with zero attached hydrogens (tertiary/aromatic N) is 4. The molecule has 11 atom stereocenters. The molecule has 2 aliphatic carbocycles. The Labute approximate surface area is 575 Å². The van der Waals surface area contributed by atoms with Crippen LogP contribution >= 0.6 is 11.8 Å². The van der Waals surface area contributed by atoms with E-state index < -0.39 is 150 Å². The predicted molar refractivity (Wildman–Crippen MR) is 351 cm³/mol. The van der Waals surface area contributed by atoms with E-state index in [1.807, 2.05) is 4.90 Å². The Bertz CT molecular complexity index is 3580. The molecule has 4 aliphatic heterocycles. The molecule has 32 heteroatoms. The van der Waals surface area contributed by atoms with Crippen molar-refractivity contribution in [3.05, 3.63) is 81.4 Å². The van der Waals surface area contributed by atoms with Crippen LogP contribution in [-0.2, 0) is 75.0 Å². The molecule has 99 heavy (non-hydrogen) atoms. The number of nitrogens with one attached hydrogen (secondary N) is 4. The first-order valence-electron chi connectivity index (χ1n) is 32.8. The number of ether oxygens (including phenoxy) is 8. The number of aromatic hydroxyl groups is 2. The number of phenols is 2. The Morgan fingerprint density at radius 3 is 2.23 bits per heavy atom. The summed E-state index contributed by atoms with van der Waals surface area (Å²) in [6.07, 6.45) is -3.62. The SMILES string of the molecule is COc1cccc2c1C(=O)c1c(O)c3c(c(O)c1C2=O)C[C@@](O)(C(=O)COC(=O)N(C)CCN(C)C(=O)OCc1ccc(NC(=O)[C@H](CCCNC(N)=O)NC(=O)[C@@H](NC(=O)CCCCCN2C(=O)CC(SC)C2=O)C(C)C)cc1)C[C@@H]3O[C@H]1C[C@H]2[C@H](O[C@@H]3[C@@H](OC)COCN32)[C@H](C)O1. The molecule has 0 saturated carbocycles. The topological polar surface area (TPSA) is 409 Å². The van der Waals surface area contributed by atoms with Crippen molar-refractivity contribution in [2.75, 3.05) is 86.0 Å². The number of hydrogen-bond donors (Lipinski definition) is 8. The number of aliphatic hydroxyl groups is 1. The van der Waals surface area contributed by atoms with Gasteiger partial charge in [-0.15, -0.1) is 0 Å². The second-order valence-corrected chi connectivity index (χ2v) is 26.8. The van der Waals surface area contributed by atoms with E-state index in [4.69, 9.17) is 43.6 Å². The largest absolute Gasteiger partial charge is 0.507 e. The molecular formula is C67H87N9O22S. The van der Waals surface area contributed by atoms with E-state index in [1.165, 1.54) is 61.0 Å². The molecule has 4 fully saturated rings. The standard InChI is InChI=1S/C67H87N9O22S/c1-34(2)54(72-47(78)17-10-9-11-23-75-48(79)27-45(99-8)62(75)86)61(85)71-40(15-13-22-69-64(68)87)60(84)70-37-20-18-36(19-21-37)30-94-65(88)73(4)24-25-74(5)66(89)95-32-46(77)67(90)28-39-51(58(83)53-52(56(39)81)55(80)38-14-12-16-42(91-6)50(38)57(53)82)43(29-67)97-49-26-41-59(35(3)96-49)98-63-44(92-7)31-93-33-76(41)63/h12,14,16,18-21,34-35,40-41,43-45,49,54,59,63,81,83,90H,9-11,13,15,17,22-33H2,1-8H3,(H,70,84)(H,71,85)(H,72,78)(H3,68,69,87)/t35-,40-,41-,43-,44-,45?,49-,54-,59+,63+,67-/m0/s1. The van der Waals surface area contributed by atoms with E-state index in [-0.39, 0.29) is 129 Å². The number of primary amides is 1. The summed E-state index contributed by atoms with van der Waals surface area (Å²) < 4.78 is 47.1. The Kier molecular flexibility index (Phi) is 24.7. The summed E-state index contributed by atoms with van der Waals surface area (Å²) in [5, 5.41) is 47.1. The van der Waals surface area contributed by atoms with Crippen molar-refractivity contribution in [1.82, 2.24) is 35.6 Å². The lowest BCUT2D eigenvalue weighted by atomic mass is 9.72. The number of rotatable bonds is 29. The highest BCUT2D eigenvalue weighted by atomic mass is 32.2. The first-order valence-corrected chi connectivity index (χ1v) is 34.1. The Balaban J connectivity index is 0.768. The number of thioether (sulfide) groups is 1. The second kappa shape index (κ2) is 32.7. The number of imide groups is 1. The van der Waals surface area contributed by atoms with Crippen LogP contribution in [0.3, 0.4) is 0 Å². The number of unbranched alkanes of at least 4 members (excludes halogenated alkanes) is 2. The molecule has 6 aliphatic rings. The van der Waals surface area contributed by atoms with Crippen LogP contribution in [0.25, 0.3) is 0 Å². The molecule has 4 heterocycles. The van der Waals surface area contributed by atoms with Crippen molar-refractivity contribution in [2.24, 2.45) is 11.7 Å². The van der Waals surface area contributed by atoms with E-state index in [9.17, 15) is 68.1 Å². The van der Waals surface area contributed by atoms with Gasteiger partial charge >= 0.3 is 18.2 Å². The molecule has 0 radical (unpaired) electrons. The molecule has 0 aromatic heterocycles. The summed E-state index contributed by atoms with van der Waals surface area (Å²) in [4.78, 5) is 152. The molecular weight excluding hydrogens is 1310 g/mol. The Hall–Kier alpha value is -8.50. The van der Waals surface area contributed by atoms with Gasteiger partial charge < -0.3 is 90.0 Å². The first-order chi connectivity index (χ1) is 47.2. The average molecular weight is 1400 g/mol. The number of carbonyl (C=O) groups excluding carboxylic acids is 11. The second-order valence-electron chi connectivity index (χ2n) is 25.7. The van der Waals surface area contributed by atoms with Crippen LogP contribution < -0.4 is 31.7 Å². The third-order valence-corrected chi connectivity index (χ3v) is 19.6. The number of phenolic OH excluding ortho intramolecular Hbond substituents is 2. The van der Waals surface area contributed by atoms with Crippen molar-refractivity contribution in [1.29, 1.82) is 0 Å². The third kappa shape index (κ3) is 16.9. The maximum atomic E-state index is 14.3. The molecule has 3 aromatic rings. The van der Waals surface area contributed by atoms with E-state index in [2.05, 4.69) is 21.3 Å². The molecule has 0 bridgehead atoms. The zero-order valence-corrected chi connectivity index (χ0v) is 57.3. The minimum atomic E-state index is -2.49. The van der Waals surface area contributed by atoms with Crippen molar-refractivity contribution in [3.8, 4) is 17.2 Å². The van der Waals surface area contributed by atoms with Gasteiger partial charge in [-0.2, -0.15) is 11.8 Å². The Morgan fingerprint density at radius 2 is 1.57 bits per heavy atom. The summed E-state index contributed by atoms with van der Waals surface area (Å²) >= 11 is 1.34. The maximum absolute atomic E-state index is 14.3. The normalized spacial score (nSPS) is 23.7. The monoisotopic (exact) mass is 1400 g/mol. The van der Waals surface area contributed by atoms with Gasteiger partial charge in [-0.25, -0.2) is 19.3 Å². The van der Waals surface area contributed by atoms with E-state index >= 15 is 0 Å². The smallest absolute Gasteiger partial charge is 0.409 e. The zero-order valence-electron chi connectivity index (χ0n) is 56.5. The van der Waals surface area contributed by atoms with E-state index in [1.54, 1.807) is 58.4 Å². The summed E-state index contributed by atoms with van der Waals surface area (Å²) in [6, 6.07) is 7.34. The number of ketones is 3. The lowest BCUT2D eigenvalue weighted by Gasteiger charge is -2.43. The average Bonchev–Trinajstić information content (AvgIpc) is 1.24. The number of fused-ring (bicyclic) bond motifs is 6. The summed E-state index contributed by atoms with van der Waals surface area (Å²) in [5.74, 6) is -6.60. The molecule has 9 amide bonds. The van der Waals surface area contributed by atoms with Gasteiger partial charge in [0.15, 0.2) is 18.7 Å². The molecule has 3 aromatic carbocycles. The van der Waals surface area contributed by atoms with Crippen LogP contribution in [0.2, 0.25) is 0 Å². The quantitative estimate of drug-likeness (QED) is 0.0220. The number of hydrogen-bond acceptors (Lipinski definition) is 24. The van der Waals surface area contributed by atoms with Gasteiger partial charge in [-0.1, -0.05) is 44.5 Å². The number of Topliss-reactive ketones (excluding diaryl/α,β-unsaturated/α-hetero) is 1. The fourth-order valence-electron chi connectivity index (χ4n) is 13.2. The number of nitrogens with two attached hydrogens (primary N) is 1. The Morgan fingerprint density at radius 1 is 0.859 bits per heavy atom. The molecule has 31 nitrogen and oxygen atoms in total. The fourth-order valence-corrected chi connectivity index (χ4v) is 13.8. The number of anilines is 1. The van der Waals surface area contributed by atoms with Crippen LogP contribution in [0.5, 0.6) is 17.2 Å². The highest BCUT2D eigenvalue weighted by Crippen LogP contribution is 2.53. The third-order valence-electron chi connectivity index (χ3n) is 18.7. The van der Waals surface area contributed by atoms with Crippen LogP contribution in [0.4, 0.5) is 20.1 Å². The van der Waals surface area contributed by atoms with Gasteiger partial charge in [0.05, 0.1) is 47.9 Å². The number of carbonyl (C=O) groups is 11. The lowest BCUT2D eigenvalue weighted by molar-refractivity contribution is -0.247. The van der Waals surface area contributed by atoms with Gasteiger partial charge in [-0.05, 0) is 68.5 Å². The highest BCUT2D eigenvalue weighted by Gasteiger charge is 2.56. The van der Waals surface area contributed by atoms with Gasteiger partial charge in [0, 0.05) is 108 Å². The van der Waals surface area contributed by atoms with Crippen molar-refractivity contribution in [2.45, 2.75) is 157 Å². The van der Waals surface area contributed by atoms with Crippen molar-refractivity contribution < 1.29 is 106 Å². The number of amides is 9. The summed E-state index contributed by atoms with van der Waals surface area (Å²) in [7, 11) is 5.62.